The Labute approximate surface area is 112 Å². The second-order valence-electron chi connectivity index (χ2n) is 4.92. The minimum Gasteiger partial charge on any atom is -0.333 e. The zero-order valence-electron chi connectivity index (χ0n) is 11.0. The molecule has 2 unspecified atom stereocenters. The van der Waals surface area contributed by atoms with E-state index in [4.69, 9.17) is 0 Å². The van der Waals surface area contributed by atoms with Crippen molar-refractivity contribution in [1.82, 2.24) is 16.0 Å². The maximum absolute atomic E-state index is 11.2. The van der Waals surface area contributed by atoms with E-state index in [0.29, 0.717) is 19.0 Å². The van der Waals surface area contributed by atoms with Crippen LogP contribution < -0.4 is 16.0 Å². The first-order valence-electron chi connectivity index (χ1n) is 6.51. The van der Waals surface area contributed by atoms with Gasteiger partial charge in [-0.25, -0.2) is 4.79 Å². The average molecular weight is 261 g/mol. The van der Waals surface area contributed by atoms with Crippen molar-refractivity contribution in [3.05, 3.63) is 35.9 Å². The molecule has 2 atom stereocenters. The normalized spacial score (nSPS) is 20.6. The van der Waals surface area contributed by atoms with E-state index in [9.17, 15) is 9.59 Å². The number of imide groups is 1. The van der Waals surface area contributed by atoms with E-state index in [1.807, 2.05) is 18.2 Å². The summed E-state index contributed by atoms with van der Waals surface area (Å²) in [7, 11) is 0. The molecule has 1 aliphatic heterocycles. The second-order valence-corrected chi connectivity index (χ2v) is 4.92. The van der Waals surface area contributed by atoms with Gasteiger partial charge in [0.2, 0.25) is 5.91 Å². The number of urea groups is 1. The van der Waals surface area contributed by atoms with Crippen LogP contribution in [0.15, 0.2) is 30.3 Å². The summed E-state index contributed by atoms with van der Waals surface area (Å²) in [5.74, 6) is -0.216. The van der Waals surface area contributed by atoms with E-state index < -0.39 is 6.03 Å². The lowest BCUT2D eigenvalue weighted by molar-refractivity contribution is -0.121. The molecule has 1 saturated heterocycles. The third-order valence-electron chi connectivity index (χ3n) is 3.12. The van der Waals surface area contributed by atoms with Crippen molar-refractivity contribution >= 4 is 11.9 Å². The van der Waals surface area contributed by atoms with Gasteiger partial charge in [-0.15, -0.1) is 0 Å². The average Bonchev–Trinajstić information content (AvgIpc) is 2.36. The molecule has 1 aliphatic rings. The molecule has 1 aromatic carbocycles. The third-order valence-corrected chi connectivity index (χ3v) is 3.12. The van der Waals surface area contributed by atoms with Crippen LogP contribution in [0.4, 0.5) is 4.79 Å². The van der Waals surface area contributed by atoms with Gasteiger partial charge < -0.3 is 10.6 Å². The Morgan fingerprint density at radius 1 is 1.32 bits per heavy atom. The van der Waals surface area contributed by atoms with Crippen LogP contribution in [-0.2, 0) is 11.2 Å². The molecule has 2 rings (SSSR count). The fourth-order valence-electron chi connectivity index (χ4n) is 2.18. The van der Waals surface area contributed by atoms with Crippen molar-refractivity contribution in [2.45, 2.75) is 31.8 Å². The number of carbonyl (C=O) groups is 2. The summed E-state index contributed by atoms with van der Waals surface area (Å²) in [6.07, 6.45) is 1.25. The van der Waals surface area contributed by atoms with Crippen molar-refractivity contribution in [2.24, 2.45) is 0 Å². The van der Waals surface area contributed by atoms with Gasteiger partial charge in [-0.2, -0.15) is 0 Å². The standard InChI is InChI=1S/C14H19N3O2/c1-10(7-11-5-3-2-4-6-11)15-9-12-8-13(18)17-14(19)16-12/h2-6,10,12,15H,7-9H2,1H3,(H2,16,17,18,19). The maximum Gasteiger partial charge on any atom is 0.321 e. The first kappa shape index (κ1) is 13.5. The molecule has 1 aromatic rings. The van der Waals surface area contributed by atoms with Gasteiger partial charge >= 0.3 is 6.03 Å². The minimum absolute atomic E-state index is 0.125. The highest BCUT2D eigenvalue weighted by Crippen LogP contribution is 2.03. The first-order valence-corrected chi connectivity index (χ1v) is 6.51. The van der Waals surface area contributed by atoms with Crippen LogP contribution in [0.1, 0.15) is 18.9 Å². The molecule has 0 aromatic heterocycles. The van der Waals surface area contributed by atoms with Crippen molar-refractivity contribution in [3.63, 3.8) is 0 Å². The fourth-order valence-corrected chi connectivity index (χ4v) is 2.18. The monoisotopic (exact) mass is 261 g/mol. The van der Waals surface area contributed by atoms with Crippen LogP contribution in [0.3, 0.4) is 0 Å². The Bertz CT molecular complexity index is 431. The van der Waals surface area contributed by atoms with Gasteiger partial charge in [0.05, 0.1) is 6.04 Å². The van der Waals surface area contributed by atoms with Gasteiger partial charge in [0.15, 0.2) is 0 Å². The van der Waals surface area contributed by atoms with Gasteiger partial charge in [-0.05, 0) is 18.9 Å². The summed E-state index contributed by atoms with van der Waals surface area (Å²) in [4.78, 5) is 22.4. The van der Waals surface area contributed by atoms with E-state index in [-0.39, 0.29) is 11.9 Å². The zero-order chi connectivity index (χ0) is 13.7. The number of benzene rings is 1. The zero-order valence-corrected chi connectivity index (χ0v) is 11.0. The summed E-state index contributed by atoms with van der Waals surface area (Å²) in [5.41, 5.74) is 1.27. The molecule has 0 spiro atoms. The van der Waals surface area contributed by atoms with Gasteiger partial charge in [0.1, 0.15) is 0 Å². The Balaban J connectivity index is 1.75. The highest BCUT2D eigenvalue weighted by atomic mass is 16.2. The second kappa shape index (κ2) is 6.33. The minimum atomic E-state index is -0.404. The van der Waals surface area contributed by atoms with Crippen LogP contribution in [-0.4, -0.2) is 30.6 Å². The molecule has 3 amide bonds. The topological polar surface area (TPSA) is 70.2 Å². The fraction of sp³-hybridized carbons (Fsp3) is 0.429. The van der Waals surface area contributed by atoms with Crippen molar-refractivity contribution in [3.8, 4) is 0 Å². The smallest absolute Gasteiger partial charge is 0.321 e. The Morgan fingerprint density at radius 3 is 2.74 bits per heavy atom. The molecule has 0 radical (unpaired) electrons. The van der Waals surface area contributed by atoms with E-state index >= 15 is 0 Å². The predicted molar refractivity (Wildman–Crippen MR) is 72.7 cm³/mol. The Hall–Kier alpha value is -1.88. The molecule has 1 heterocycles. The van der Waals surface area contributed by atoms with Gasteiger partial charge in [0.25, 0.3) is 0 Å². The lowest BCUT2D eigenvalue weighted by Gasteiger charge is -2.25. The largest absolute Gasteiger partial charge is 0.333 e. The third kappa shape index (κ3) is 4.37. The molecule has 0 bridgehead atoms. The van der Waals surface area contributed by atoms with E-state index in [2.05, 4.69) is 35.0 Å². The lowest BCUT2D eigenvalue weighted by Crippen LogP contribution is -2.56. The van der Waals surface area contributed by atoms with Crippen molar-refractivity contribution < 1.29 is 9.59 Å². The molecule has 0 saturated carbocycles. The molecular weight excluding hydrogens is 242 g/mol. The highest BCUT2D eigenvalue weighted by Gasteiger charge is 2.23. The summed E-state index contributed by atoms with van der Waals surface area (Å²) in [6, 6.07) is 9.99. The molecular formula is C14H19N3O2. The van der Waals surface area contributed by atoms with Gasteiger partial charge in [-0.1, -0.05) is 30.3 Å². The van der Waals surface area contributed by atoms with Crippen LogP contribution >= 0.6 is 0 Å². The van der Waals surface area contributed by atoms with Crippen LogP contribution in [0.25, 0.3) is 0 Å². The maximum atomic E-state index is 11.2. The molecule has 102 valence electrons. The number of amides is 3. The Morgan fingerprint density at radius 2 is 2.05 bits per heavy atom. The highest BCUT2D eigenvalue weighted by molar-refractivity contribution is 5.97. The van der Waals surface area contributed by atoms with Crippen LogP contribution in [0, 0.1) is 0 Å². The van der Waals surface area contributed by atoms with E-state index in [1.54, 1.807) is 0 Å². The molecule has 5 nitrogen and oxygen atoms in total. The Kier molecular flexibility index (Phi) is 4.52. The summed E-state index contributed by atoms with van der Waals surface area (Å²) in [5, 5.41) is 8.30. The number of hydrogen-bond acceptors (Lipinski definition) is 3. The number of carbonyl (C=O) groups excluding carboxylic acids is 2. The van der Waals surface area contributed by atoms with E-state index in [1.165, 1.54) is 5.56 Å². The predicted octanol–water partition coefficient (Wildman–Crippen LogP) is 0.805. The first-order chi connectivity index (χ1) is 9.13. The molecule has 3 N–H and O–H groups in total. The molecule has 1 fully saturated rings. The number of hydrogen-bond donors (Lipinski definition) is 3. The number of rotatable bonds is 5. The number of nitrogens with one attached hydrogen (secondary N) is 3. The van der Waals surface area contributed by atoms with Crippen molar-refractivity contribution in [2.75, 3.05) is 6.54 Å². The van der Waals surface area contributed by atoms with E-state index in [0.717, 1.165) is 6.42 Å². The van der Waals surface area contributed by atoms with Crippen LogP contribution in [0.5, 0.6) is 0 Å². The van der Waals surface area contributed by atoms with Crippen molar-refractivity contribution in [1.29, 1.82) is 0 Å². The van der Waals surface area contributed by atoms with Gasteiger partial charge in [-0.3, -0.25) is 10.1 Å². The van der Waals surface area contributed by atoms with Gasteiger partial charge in [0, 0.05) is 19.0 Å². The summed E-state index contributed by atoms with van der Waals surface area (Å²) in [6.45, 7) is 2.70. The van der Waals surface area contributed by atoms with Crippen LogP contribution in [0.2, 0.25) is 0 Å². The molecule has 19 heavy (non-hydrogen) atoms. The quantitative estimate of drug-likeness (QED) is 0.734. The molecule has 5 heteroatoms. The lowest BCUT2D eigenvalue weighted by atomic mass is 10.1. The SMILES string of the molecule is CC(Cc1ccccc1)NCC1CC(=O)NC(=O)N1. The molecule has 0 aliphatic carbocycles. The summed E-state index contributed by atoms with van der Waals surface area (Å²) >= 11 is 0. The summed E-state index contributed by atoms with van der Waals surface area (Å²) < 4.78 is 0.